The van der Waals surface area contributed by atoms with E-state index in [0.717, 1.165) is 22.4 Å². The van der Waals surface area contributed by atoms with E-state index in [9.17, 15) is 14.7 Å². The van der Waals surface area contributed by atoms with E-state index in [2.05, 4.69) is 9.97 Å². The van der Waals surface area contributed by atoms with Crippen molar-refractivity contribution in [1.29, 1.82) is 0 Å². The molecule has 0 saturated carbocycles. The molecular weight excluding hydrogens is 484 g/mol. The number of nitrogens with zero attached hydrogens (tertiary/aromatic N) is 4. The fourth-order valence-electron chi connectivity index (χ4n) is 4.45. The van der Waals surface area contributed by atoms with E-state index in [1.807, 2.05) is 44.2 Å². The molecule has 200 valence electrons. The molecule has 1 N–H and O–H groups in total. The van der Waals surface area contributed by atoms with Gasteiger partial charge in [0.25, 0.3) is 5.91 Å². The van der Waals surface area contributed by atoms with Gasteiger partial charge in [-0.15, -0.1) is 0 Å². The lowest BCUT2D eigenvalue weighted by Gasteiger charge is -2.37. The number of rotatable bonds is 8. The highest BCUT2D eigenvalue weighted by Gasteiger charge is 2.34. The Kier molecular flexibility index (Phi) is 8.58. The Balaban J connectivity index is 1.63. The van der Waals surface area contributed by atoms with E-state index in [1.54, 1.807) is 54.7 Å². The number of amides is 2. The van der Waals surface area contributed by atoms with Crippen molar-refractivity contribution in [2.75, 3.05) is 33.9 Å². The van der Waals surface area contributed by atoms with E-state index in [-0.39, 0.29) is 36.6 Å². The summed E-state index contributed by atoms with van der Waals surface area (Å²) in [7, 11) is 3.35. The smallest absolute Gasteiger partial charge is 0.259 e. The highest BCUT2D eigenvalue weighted by atomic mass is 16.5. The first-order valence-corrected chi connectivity index (χ1v) is 12.7. The number of methoxy groups -OCH3 is 1. The van der Waals surface area contributed by atoms with Gasteiger partial charge in [-0.25, -0.2) is 4.98 Å². The molecule has 9 heteroatoms. The van der Waals surface area contributed by atoms with Gasteiger partial charge < -0.3 is 24.4 Å². The van der Waals surface area contributed by atoms with Crippen LogP contribution in [0.4, 0.5) is 0 Å². The molecule has 3 heterocycles. The standard InChI is InChI=1S/C29H34N4O5/c1-19-16-33(20(2)18-34)29(36)25-13-23(22-7-9-24(37-4)10-8-22)15-31-28(25)38-26(19)17-32(3)27(35)12-21-6-5-11-30-14-21/h5-11,13-15,19-20,26,34H,12,16-18H2,1-4H3/t19-,20-,26+/m0/s1. The summed E-state index contributed by atoms with van der Waals surface area (Å²) in [5.41, 5.74) is 2.79. The second-order valence-corrected chi connectivity index (χ2v) is 9.74. The second-order valence-electron chi connectivity index (χ2n) is 9.74. The van der Waals surface area contributed by atoms with Gasteiger partial charge in [-0.1, -0.05) is 25.1 Å². The van der Waals surface area contributed by atoms with Crippen LogP contribution in [0.15, 0.2) is 61.1 Å². The Morgan fingerprint density at radius 3 is 2.66 bits per heavy atom. The Hall–Kier alpha value is -3.98. The maximum atomic E-state index is 13.7. The average Bonchev–Trinajstić information content (AvgIpc) is 2.94. The molecule has 0 saturated heterocycles. The largest absolute Gasteiger partial charge is 0.497 e. The number of carbonyl (C=O) groups is 2. The monoisotopic (exact) mass is 518 g/mol. The lowest BCUT2D eigenvalue weighted by atomic mass is 9.99. The van der Waals surface area contributed by atoms with Crippen LogP contribution in [0.1, 0.15) is 29.8 Å². The molecule has 0 spiro atoms. The summed E-state index contributed by atoms with van der Waals surface area (Å²) in [6.07, 6.45) is 4.84. The zero-order chi connectivity index (χ0) is 27.2. The fourth-order valence-corrected chi connectivity index (χ4v) is 4.45. The van der Waals surface area contributed by atoms with Gasteiger partial charge >= 0.3 is 0 Å². The van der Waals surface area contributed by atoms with Gasteiger partial charge in [0, 0.05) is 43.7 Å². The van der Waals surface area contributed by atoms with Crippen molar-refractivity contribution in [3.05, 3.63) is 72.2 Å². The summed E-state index contributed by atoms with van der Waals surface area (Å²) in [4.78, 5) is 38.5. The molecule has 0 bridgehead atoms. The Labute approximate surface area is 223 Å². The molecule has 1 aromatic carbocycles. The van der Waals surface area contributed by atoms with Crippen molar-refractivity contribution in [1.82, 2.24) is 19.8 Å². The Morgan fingerprint density at radius 1 is 1.24 bits per heavy atom. The molecule has 2 aromatic heterocycles. The molecule has 1 aliphatic heterocycles. The van der Waals surface area contributed by atoms with Gasteiger partial charge in [0.1, 0.15) is 17.4 Å². The summed E-state index contributed by atoms with van der Waals surface area (Å²) >= 11 is 0. The van der Waals surface area contributed by atoms with Crippen LogP contribution in [0.25, 0.3) is 11.1 Å². The summed E-state index contributed by atoms with van der Waals surface area (Å²) in [6, 6.07) is 12.5. The molecule has 3 aromatic rings. The van der Waals surface area contributed by atoms with Crippen LogP contribution in [-0.2, 0) is 11.2 Å². The third-order valence-corrected chi connectivity index (χ3v) is 6.90. The molecule has 3 atom stereocenters. The van der Waals surface area contributed by atoms with Crippen LogP contribution in [-0.4, -0.2) is 82.7 Å². The molecular formula is C29H34N4O5. The molecule has 38 heavy (non-hydrogen) atoms. The summed E-state index contributed by atoms with van der Waals surface area (Å²) in [5.74, 6) is 0.505. The number of ether oxygens (including phenoxy) is 2. The number of pyridine rings is 2. The maximum absolute atomic E-state index is 13.7. The van der Waals surface area contributed by atoms with Crippen LogP contribution >= 0.6 is 0 Å². The quantitative estimate of drug-likeness (QED) is 0.489. The molecule has 0 radical (unpaired) electrons. The predicted molar refractivity (Wildman–Crippen MR) is 143 cm³/mol. The van der Waals surface area contributed by atoms with Crippen molar-refractivity contribution < 1.29 is 24.2 Å². The molecule has 0 unspecified atom stereocenters. The number of benzene rings is 1. The topological polar surface area (TPSA) is 105 Å². The van der Waals surface area contributed by atoms with Crippen molar-refractivity contribution in [3.63, 3.8) is 0 Å². The van der Waals surface area contributed by atoms with Gasteiger partial charge in [0.15, 0.2) is 0 Å². The molecule has 2 amide bonds. The van der Waals surface area contributed by atoms with Gasteiger partial charge in [-0.3, -0.25) is 14.6 Å². The number of aliphatic hydroxyl groups excluding tert-OH is 1. The van der Waals surface area contributed by atoms with Gasteiger partial charge in [0.05, 0.1) is 32.7 Å². The maximum Gasteiger partial charge on any atom is 0.259 e. The normalized spacial score (nSPS) is 18.0. The fraction of sp³-hybridized carbons (Fsp3) is 0.379. The summed E-state index contributed by atoms with van der Waals surface area (Å²) in [5, 5.41) is 9.90. The SMILES string of the molecule is COc1ccc(-c2cnc3c(c2)C(=O)N([C@@H](C)CO)C[C@H](C)[C@@H](CN(C)C(=O)Cc2cccnc2)O3)cc1. The van der Waals surface area contributed by atoms with Crippen LogP contribution in [0, 0.1) is 5.92 Å². The van der Waals surface area contributed by atoms with Crippen molar-refractivity contribution in [2.24, 2.45) is 5.92 Å². The van der Waals surface area contributed by atoms with Crippen molar-refractivity contribution in [2.45, 2.75) is 32.4 Å². The lowest BCUT2D eigenvalue weighted by Crippen LogP contribution is -2.50. The second kappa shape index (κ2) is 12.0. The Morgan fingerprint density at radius 2 is 2.00 bits per heavy atom. The first-order valence-electron chi connectivity index (χ1n) is 12.7. The molecule has 4 rings (SSSR count). The third-order valence-electron chi connectivity index (χ3n) is 6.90. The number of hydrogen-bond acceptors (Lipinski definition) is 7. The lowest BCUT2D eigenvalue weighted by molar-refractivity contribution is -0.130. The number of likely N-dealkylation sites (N-methyl/N-ethyl adjacent to an activating group) is 1. The number of hydrogen-bond donors (Lipinski definition) is 1. The summed E-state index contributed by atoms with van der Waals surface area (Å²) in [6.45, 7) is 4.30. The number of fused-ring (bicyclic) bond motifs is 1. The zero-order valence-electron chi connectivity index (χ0n) is 22.2. The molecule has 9 nitrogen and oxygen atoms in total. The minimum atomic E-state index is -0.419. The van der Waals surface area contributed by atoms with Crippen molar-refractivity contribution >= 4 is 11.8 Å². The third kappa shape index (κ3) is 6.11. The highest BCUT2D eigenvalue weighted by Crippen LogP contribution is 2.31. The number of aromatic nitrogens is 2. The van der Waals surface area contributed by atoms with Crippen LogP contribution in [0.3, 0.4) is 0 Å². The van der Waals surface area contributed by atoms with Gasteiger partial charge in [-0.2, -0.15) is 0 Å². The van der Waals surface area contributed by atoms with Crippen LogP contribution < -0.4 is 9.47 Å². The van der Waals surface area contributed by atoms with E-state index in [4.69, 9.17) is 9.47 Å². The minimum Gasteiger partial charge on any atom is -0.497 e. The first kappa shape index (κ1) is 27.1. The van der Waals surface area contributed by atoms with Crippen LogP contribution in [0.5, 0.6) is 11.6 Å². The number of carbonyl (C=O) groups excluding carboxylic acids is 2. The first-order chi connectivity index (χ1) is 18.3. The van der Waals surface area contributed by atoms with Crippen LogP contribution in [0.2, 0.25) is 0 Å². The van der Waals surface area contributed by atoms with E-state index in [0.29, 0.717) is 18.7 Å². The predicted octanol–water partition coefficient (Wildman–Crippen LogP) is 3.07. The minimum absolute atomic E-state index is 0.0597. The van der Waals surface area contributed by atoms with E-state index < -0.39 is 12.1 Å². The molecule has 1 aliphatic rings. The van der Waals surface area contributed by atoms with E-state index in [1.165, 1.54) is 0 Å². The van der Waals surface area contributed by atoms with Gasteiger partial charge in [0.2, 0.25) is 11.8 Å². The zero-order valence-corrected chi connectivity index (χ0v) is 22.2. The van der Waals surface area contributed by atoms with Gasteiger partial charge in [-0.05, 0) is 42.3 Å². The number of aliphatic hydroxyl groups is 1. The molecule has 0 aliphatic carbocycles. The highest BCUT2D eigenvalue weighted by molar-refractivity contribution is 5.98. The van der Waals surface area contributed by atoms with Crippen molar-refractivity contribution in [3.8, 4) is 22.8 Å². The Bertz CT molecular complexity index is 1250. The molecule has 0 fully saturated rings. The van der Waals surface area contributed by atoms with E-state index >= 15 is 0 Å². The summed E-state index contributed by atoms with van der Waals surface area (Å²) < 4.78 is 11.6. The average molecular weight is 519 g/mol.